The van der Waals surface area contributed by atoms with Gasteiger partial charge in [0, 0.05) is 32.7 Å². The number of carboxylic acid groups (broad SMARTS) is 4. The molecular weight excluding hydrogens is 361 g/mol. The van der Waals surface area contributed by atoms with Crippen molar-refractivity contribution < 1.29 is 150 Å². The molecule has 0 bridgehead atoms. The second kappa shape index (κ2) is 18.2. The zero-order valence-electron chi connectivity index (χ0n) is 13.4. The summed E-state index contributed by atoms with van der Waals surface area (Å²) in [6.45, 7) is -3.00. The van der Waals surface area contributed by atoms with Gasteiger partial charge in [-0.15, -0.1) is 0 Å². The van der Waals surface area contributed by atoms with Gasteiger partial charge in [-0.1, -0.05) is 0 Å². The molecule has 0 aromatic heterocycles. The molecule has 114 valence electrons. The summed E-state index contributed by atoms with van der Waals surface area (Å²) in [4.78, 5) is 43.7. The van der Waals surface area contributed by atoms with Gasteiger partial charge in [0.25, 0.3) is 0 Å². The molecule has 0 amide bonds. The maximum absolute atomic E-state index is 10.5. The van der Waals surface area contributed by atoms with E-state index in [4.69, 9.17) is 5.11 Å². The van der Waals surface area contributed by atoms with Crippen molar-refractivity contribution in [2.45, 2.75) is 0 Å². The molecule has 0 saturated carbocycles. The van der Waals surface area contributed by atoms with Gasteiger partial charge >= 0.3 is 116 Å². The molecule has 1 N–H and O–H groups in total. The van der Waals surface area contributed by atoms with E-state index in [0.29, 0.717) is 0 Å². The van der Waals surface area contributed by atoms with E-state index in [9.17, 15) is 34.5 Å². The molecule has 23 heavy (non-hydrogen) atoms. The minimum atomic E-state index is -1.52. The molecule has 0 fully saturated rings. The van der Waals surface area contributed by atoms with Crippen molar-refractivity contribution in [3.8, 4) is 0 Å². The maximum Gasteiger partial charge on any atom is 1.00 e. The first-order valence-electron chi connectivity index (χ1n) is 5.46. The zero-order valence-corrected chi connectivity index (χ0v) is 20.6. The van der Waals surface area contributed by atoms with Gasteiger partial charge in [0.1, 0.15) is 0 Å². The van der Waals surface area contributed by atoms with E-state index in [-0.39, 0.29) is 124 Å². The topological polar surface area (TPSA) is 164 Å². The molecule has 0 spiro atoms. The van der Waals surface area contributed by atoms with Crippen LogP contribution in [0.15, 0.2) is 0 Å². The van der Waals surface area contributed by atoms with Gasteiger partial charge in [-0.2, -0.15) is 0 Å². The normalized spacial score (nSPS) is 9.30. The van der Waals surface area contributed by atoms with E-state index < -0.39 is 50.1 Å². The molecule has 10 nitrogen and oxygen atoms in total. The van der Waals surface area contributed by atoms with E-state index in [1.807, 2.05) is 0 Å². The van der Waals surface area contributed by atoms with Crippen LogP contribution in [-0.4, -0.2) is 78.1 Å². The fraction of sp³-hybridized carbons (Fsp3) is 0.600. The first-order valence-corrected chi connectivity index (χ1v) is 5.46. The van der Waals surface area contributed by atoms with Crippen molar-refractivity contribution in [2.24, 2.45) is 0 Å². The number of carbonyl (C=O) groups excluding carboxylic acids is 3. The molecule has 0 rings (SSSR count). The summed E-state index contributed by atoms with van der Waals surface area (Å²) in [7, 11) is 0. The number of hydrogen-bond donors (Lipinski definition) is 1. The molecule has 0 heterocycles. The Morgan fingerprint density at radius 2 is 0.957 bits per heavy atom. The smallest absolute Gasteiger partial charge is 0.549 e. The van der Waals surface area contributed by atoms with Crippen molar-refractivity contribution in [3.63, 3.8) is 0 Å². The van der Waals surface area contributed by atoms with E-state index in [0.717, 1.165) is 9.80 Å². The van der Waals surface area contributed by atoms with Crippen LogP contribution in [0.4, 0.5) is 0 Å². The van der Waals surface area contributed by atoms with Crippen molar-refractivity contribution in [2.75, 3.05) is 39.3 Å². The van der Waals surface area contributed by atoms with Crippen LogP contribution in [0.3, 0.4) is 0 Å². The Kier molecular flexibility index (Phi) is 25.5. The van der Waals surface area contributed by atoms with Gasteiger partial charge in [0.05, 0.1) is 24.5 Å². The van der Waals surface area contributed by atoms with Crippen molar-refractivity contribution >= 4 is 23.9 Å². The van der Waals surface area contributed by atoms with Crippen molar-refractivity contribution in [1.29, 1.82) is 0 Å². The number of aliphatic carboxylic acids is 4. The molecule has 0 aliphatic rings. The molecule has 0 saturated heterocycles. The Balaban J connectivity index is -0.000000602. The summed E-state index contributed by atoms with van der Waals surface area (Å²) in [5.41, 5.74) is 0. The Bertz CT molecular complexity index is 331. The predicted molar refractivity (Wildman–Crippen MR) is 55.5 cm³/mol. The van der Waals surface area contributed by atoms with Gasteiger partial charge in [-0.05, 0) is 0 Å². The molecule has 0 aromatic carbocycles. The fourth-order valence-electron chi connectivity index (χ4n) is 1.45. The first kappa shape index (κ1) is 32.1. The maximum atomic E-state index is 10.5. The summed E-state index contributed by atoms with van der Waals surface area (Å²) >= 11 is 0. The van der Waals surface area contributed by atoms with E-state index in [1.54, 1.807) is 0 Å². The van der Waals surface area contributed by atoms with E-state index >= 15 is 0 Å². The average Bonchev–Trinajstić information content (AvgIpc) is 2.22. The number of nitrogens with zero attached hydrogens (tertiary/aromatic N) is 2. The standard InChI is InChI=1S/C10H16N2O8.K.2Na/c13-7(14)3-11(4-8(15)16)1-2-12(5-9(17)18)6-10(19)20;;;/h1-6H2,(H,13,14)(H,15,16)(H,17,18)(H,19,20);;;/q;3*+1/p-3. The molecular formula is C10H13KN2Na2O8. The quantitative estimate of drug-likeness (QED) is 0.343. The molecule has 0 radical (unpaired) electrons. The first-order chi connectivity index (χ1) is 9.20. The number of carboxylic acids is 4. The minimum absolute atomic E-state index is 0. The third-order valence-corrected chi connectivity index (χ3v) is 2.15. The molecule has 0 unspecified atom stereocenters. The number of rotatable bonds is 11. The van der Waals surface area contributed by atoms with Gasteiger partial charge in [0.15, 0.2) is 0 Å². The Labute approximate surface area is 219 Å². The SMILES string of the molecule is O=C([O-])CN(CCN(CC(=O)[O-])CC(=O)O)CC(=O)[O-].[K+].[Na+].[Na+]. The second-order valence-corrected chi connectivity index (χ2v) is 3.93. The van der Waals surface area contributed by atoms with Crippen LogP contribution in [0.1, 0.15) is 0 Å². The average molecular weight is 374 g/mol. The second-order valence-electron chi connectivity index (χ2n) is 3.93. The predicted octanol–water partition coefficient (Wildman–Crippen LogP) is -15.1. The Morgan fingerprint density at radius 3 is 1.17 bits per heavy atom. The molecule has 0 atom stereocenters. The summed E-state index contributed by atoms with van der Waals surface area (Å²) in [6.07, 6.45) is 0. The largest absolute Gasteiger partial charge is 1.00 e. The van der Waals surface area contributed by atoms with Gasteiger partial charge < -0.3 is 34.8 Å². The third-order valence-electron chi connectivity index (χ3n) is 2.15. The fourth-order valence-corrected chi connectivity index (χ4v) is 1.45. The summed E-state index contributed by atoms with van der Waals surface area (Å²) in [5.74, 6) is -5.82. The van der Waals surface area contributed by atoms with Crippen LogP contribution in [0.5, 0.6) is 0 Å². The summed E-state index contributed by atoms with van der Waals surface area (Å²) < 4.78 is 0. The van der Waals surface area contributed by atoms with Crippen LogP contribution < -0.4 is 126 Å². The third kappa shape index (κ3) is 21.4. The van der Waals surface area contributed by atoms with Crippen LogP contribution in [0.2, 0.25) is 0 Å². The molecule has 0 aliphatic carbocycles. The van der Waals surface area contributed by atoms with Crippen molar-refractivity contribution in [1.82, 2.24) is 9.80 Å². The summed E-state index contributed by atoms with van der Waals surface area (Å²) in [6, 6.07) is 0. The van der Waals surface area contributed by atoms with Gasteiger partial charge in [0.2, 0.25) is 0 Å². The minimum Gasteiger partial charge on any atom is -0.549 e. The molecule has 0 aliphatic heterocycles. The van der Waals surface area contributed by atoms with Gasteiger partial charge in [-0.25, -0.2) is 0 Å². The zero-order chi connectivity index (χ0) is 15.7. The van der Waals surface area contributed by atoms with Gasteiger partial charge in [-0.3, -0.25) is 14.6 Å². The van der Waals surface area contributed by atoms with Crippen LogP contribution in [0, 0.1) is 0 Å². The van der Waals surface area contributed by atoms with Crippen LogP contribution >= 0.6 is 0 Å². The van der Waals surface area contributed by atoms with E-state index in [2.05, 4.69) is 0 Å². The molecule has 13 heteroatoms. The van der Waals surface area contributed by atoms with Crippen molar-refractivity contribution in [3.05, 3.63) is 0 Å². The van der Waals surface area contributed by atoms with E-state index in [1.165, 1.54) is 0 Å². The summed E-state index contributed by atoms with van der Waals surface area (Å²) in [5, 5.41) is 39.8. The number of hydrogen-bond acceptors (Lipinski definition) is 9. The Hall–Kier alpha value is 1.44. The molecule has 0 aromatic rings. The van der Waals surface area contributed by atoms with Crippen LogP contribution in [0.25, 0.3) is 0 Å². The van der Waals surface area contributed by atoms with Crippen LogP contribution in [-0.2, 0) is 19.2 Å². The number of carbonyl (C=O) groups is 4. The Morgan fingerprint density at radius 1 is 0.696 bits per heavy atom. The monoisotopic (exact) mass is 374 g/mol.